The van der Waals surface area contributed by atoms with Crippen LogP contribution < -0.4 is 10.1 Å². The molecule has 0 spiro atoms. The van der Waals surface area contributed by atoms with Crippen molar-refractivity contribution in [3.8, 4) is 5.75 Å². The fourth-order valence-corrected chi connectivity index (χ4v) is 1.82. The van der Waals surface area contributed by atoms with Gasteiger partial charge in [0.05, 0.1) is 13.7 Å². The molecule has 0 aliphatic heterocycles. The van der Waals surface area contributed by atoms with Gasteiger partial charge in [-0.05, 0) is 43.3 Å². The quantitative estimate of drug-likeness (QED) is 0.854. The van der Waals surface area contributed by atoms with Crippen molar-refractivity contribution >= 4 is 5.69 Å². The van der Waals surface area contributed by atoms with Gasteiger partial charge >= 0.3 is 0 Å². The smallest absolute Gasteiger partial charge is 0.119 e. The molecule has 2 rings (SSSR count). The number of ether oxygens (including phenoxy) is 1. The molecule has 90 valence electrons. The maximum Gasteiger partial charge on any atom is 0.119 e. The minimum atomic E-state index is 0.840. The maximum atomic E-state index is 5.12. The summed E-state index contributed by atoms with van der Waals surface area (Å²) in [5, 5.41) is 3.40. The van der Waals surface area contributed by atoms with Gasteiger partial charge in [0.1, 0.15) is 5.75 Å². The summed E-state index contributed by atoms with van der Waals surface area (Å²) >= 11 is 0. The van der Waals surface area contributed by atoms with Crippen molar-refractivity contribution in [3.63, 3.8) is 0 Å². The highest BCUT2D eigenvalue weighted by molar-refractivity contribution is 5.46. The molecule has 0 atom stereocenters. The first-order chi connectivity index (χ1) is 8.33. The molecule has 0 saturated heterocycles. The van der Waals surface area contributed by atoms with E-state index in [0.29, 0.717) is 0 Å². The molecular formula is C14H18N2O. The molecule has 2 aromatic rings. The molecule has 0 aliphatic carbocycles. The number of methoxy groups -OCH3 is 1. The van der Waals surface area contributed by atoms with E-state index < -0.39 is 0 Å². The van der Waals surface area contributed by atoms with Crippen LogP contribution in [0.4, 0.5) is 5.69 Å². The van der Waals surface area contributed by atoms with Crippen LogP contribution in [0, 0.1) is 0 Å². The van der Waals surface area contributed by atoms with Gasteiger partial charge < -0.3 is 14.6 Å². The second-order valence-electron chi connectivity index (χ2n) is 3.87. The number of rotatable bonds is 5. The van der Waals surface area contributed by atoms with Crippen molar-refractivity contribution in [1.29, 1.82) is 0 Å². The monoisotopic (exact) mass is 230 g/mol. The van der Waals surface area contributed by atoms with Crippen LogP contribution in [0.3, 0.4) is 0 Å². The number of nitrogens with one attached hydrogen (secondary N) is 1. The number of hydrogen-bond acceptors (Lipinski definition) is 2. The number of nitrogens with zero attached hydrogens (tertiary/aromatic N) is 1. The standard InChI is InChI=1S/C14H18N2O/c1-3-16-10-4-5-13(16)11-15-12-6-8-14(17-2)9-7-12/h4-10,15H,3,11H2,1-2H3. The summed E-state index contributed by atoms with van der Waals surface area (Å²) in [5.74, 6) is 0.882. The minimum Gasteiger partial charge on any atom is -0.497 e. The van der Waals surface area contributed by atoms with Gasteiger partial charge in [-0.1, -0.05) is 0 Å². The average Bonchev–Trinajstić information content (AvgIpc) is 2.84. The summed E-state index contributed by atoms with van der Waals surface area (Å²) in [6.45, 7) is 4.00. The molecule has 3 heteroatoms. The molecule has 0 unspecified atom stereocenters. The highest BCUT2D eigenvalue weighted by Crippen LogP contribution is 2.15. The Hall–Kier alpha value is -1.90. The summed E-state index contributed by atoms with van der Waals surface area (Å²) in [6, 6.07) is 12.2. The van der Waals surface area contributed by atoms with E-state index in [0.717, 1.165) is 24.5 Å². The number of anilines is 1. The molecule has 0 saturated carbocycles. The fraction of sp³-hybridized carbons (Fsp3) is 0.286. The average molecular weight is 230 g/mol. The number of aryl methyl sites for hydroxylation is 1. The van der Waals surface area contributed by atoms with E-state index >= 15 is 0 Å². The lowest BCUT2D eigenvalue weighted by atomic mass is 10.3. The molecule has 0 fully saturated rings. The molecule has 1 heterocycles. The lowest BCUT2D eigenvalue weighted by molar-refractivity contribution is 0.415. The fourth-order valence-electron chi connectivity index (χ4n) is 1.82. The highest BCUT2D eigenvalue weighted by atomic mass is 16.5. The van der Waals surface area contributed by atoms with Crippen LogP contribution in [-0.2, 0) is 13.1 Å². The number of benzene rings is 1. The number of aromatic nitrogens is 1. The Balaban J connectivity index is 1.97. The normalized spacial score (nSPS) is 10.2. The van der Waals surface area contributed by atoms with Crippen molar-refractivity contribution in [2.45, 2.75) is 20.0 Å². The number of hydrogen-bond donors (Lipinski definition) is 1. The Kier molecular flexibility index (Phi) is 3.70. The zero-order chi connectivity index (χ0) is 12.1. The summed E-state index contributed by atoms with van der Waals surface area (Å²) in [6.07, 6.45) is 2.10. The van der Waals surface area contributed by atoms with Gasteiger partial charge in [0.25, 0.3) is 0 Å². The predicted octanol–water partition coefficient (Wildman–Crippen LogP) is 3.13. The van der Waals surface area contributed by atoms with Gasteiger partial charge in [0.2, 0.25) is 0 Å². The first kappa shape index (κ1) is 11.6. The summed E-state index contributed by atoms with van der Waals surface area (Å²) in [5.41, 5.74) is 2.40. The maximum absolute atomic E-state index is 5.12. The van der Waals surface area contributed by atoms with Gasteiger partial charge in [-0.2, -0.15) is 0 Å². The predicted molar refractivity (Wildman–Crippen MR) is 70.4 cm³/mol. The molecule has 1 aromatic carbocycles. The van der Waals surface area contributed by atoms with Crippen LogP contribution in [0.5, 0.6) is 5.75 Å². The van der Waals surface area contributed by atoms with Gasteiger partial charge in [-0.3, -0.25) is 0 Å². The van der Waals surface area contributed by atoms with Gasteiger partial charge in [-0.15, -0.1) is 0 Å². The molecule has 1 aromatic heterocycles. The summed E-state index contributed by atoms with van der Waals surface area (Å²) in [4.78, 5) is 0. The van der Waals surface area contributed by atoms with E-state index in [9.17, 15) is 0 Å². The largest absolute Gasteiger partial charge is 0.497 e. The molecule has 0 bridgehead atoms. The second-order valence-corrected chi connectivity index (χ2v) is 3.87. The van der Waals surface area contributed by atoms with Crippen LogP contribution in [0.15, 0.2) is 42.6 Å². The molecular weight excluding hydrogens is 212 g/mol. The molecule has 17 heavy (non-hydrogen) atoms. The molecule has 0 aliphatic rings. The third-order valence-corrected chi connectivity index (χ3v) is 2.83. The van der Waals surface area contributed by atoms with E-state index in [1.165, 1.54) is 5.69 Å². The molecule has 3 nitrogen and oxygen atoms in total. The van der Waals surface area contributed by atoms with E-state index in [1.54, 1.807) is 7.11 Å². The van der Waals surface area contributed by atoms with Crippen molar-refractivity contribution < 1.29 is 4.74 Å². The van der Waals surface area contributed by atoms with Gasteiger partial charge in [0, 0.05) is 24.1 Å². The van der Waals surface area contributed by atoms with E-state index in [1.807, 2.05) is 24.3 Å². The van der Waals surface area contributed by atoms with E-state index in [-0.39, 0.29) is 0 Å². The highest BCUT2D eigenvalue weighted by Gasteiger charge is 1.99. The van der Waals surface area contributed by atoms with Crippen LogP contribution in [0.25, 0.3) is 0 Å². The zero-order valence-corrected chi connectivity index (χ0v) is 10.3. The Morgan fingerprint density at radius 2 is 1.94 bits per heavy atom. The first-order valence-corrected chi connectivity index (χ1v) is 5.85. The lowest BCUT2D eigenvalue weighted by Crippen LogP contribution is -2.05. The van der Waals surface area contributed by atoms with Crippen LogP contribution in [0.2, 0.25) is 0 Å². The van der Waals surface area contributed by atoms with Crippen LogP contribution in [-0.4, -0.2) is 11.7 Å². The topological polar surface area (TPSA) is 26.2 Å². The Labute approximate surface area is 102 Å². The van der Waals surface area contributed by atoms with Crippen molar-refractivity contribution in [2.75, 3.05) is 12.4 Å². The van der Waals surface area contributed by atoms with Crippen molar-refractivity contribution in [1.82, 2.24) is 4.57 Å². The Bertz CT molecular complexity index is 459. The Morgan fingerprint density at radius 3 is 2.59 bits per heavy atom. The molecule has 0 amide bonds. The van der Waals surface area contributed by atoms with Crippen molar-refractivity contribution in [3.05, 3.63) is 48.3 Å². The lowest BCUT2D eigenvalue weighted by Gasteiger charge is -2.09. The van der Waals surface area contributed by atoms with E-state index in [4.69, 9.17) is 4.74 Å². The van der Waals surface area contributed by atoms with E-state index in [2.05, 4.69) is 35.1 Å². The molecule has 0 radical (unpaired) electrons. The summed E-state index contributed by atoms with van der Waals surface area (Å²) < 4.78 is 7.36. The van der Waals surface area contributed by atoms with Crippen LogP contribution in [0.1, 0.15) is 12.6 Å². The minimum absolute atomic E-state index is 0.840. The molecule has 1 N–H and O–H groups in total. The third-order valence-electron chi connectivity index (χ3n) is 2.83. The van der Waals surface area contributed by atoms with Gasteiger partial charge in [-0.25, -0.2) is 0 Å². The van der Waals surface area contributed by atoms with Crippen molar-refractivity contribution in [2.24, 2.45) is 0 Å². The van der Waals surface area contributed by atoms with Crippen LogP contribution >= 0.6 is 0 Å². The zero-order valence-electron chi connectivity index (χ0n) is 10.3. The Morgan fingerprint density at radius 1 is 1.18 bits per heavy atom. The first-order valence-electron chi connectivity index (χ1n) is 5.85. The third kappa shape index (κ3) is 2.81. The van der Waals surface area contributed by atoms with Gasteiger partial charge in [0.15, 0.2) is 0 Å². The second kappa shape index (κ2) is 5.43. The summed E-state index contributed by atoms with van der Waals surface area (Å²) in [7, 11) is 1.68. The SMILES string of the molecule is CCn1cccc1CNc1ccc(OC)cc1.